The first-order chi connectivity index (χ1) is 6.24. The zero-order valence-corrected chi connectivity index (χ0v) is 7.18. The predicted molar refractivity (Wildman–Crippen MR) is 50.9 cm³/mol. The molecule has 0 aliphatic heterocycles. The number of hydrogen-bond acceptors (Lipinski definition) is 3. The summed E-state index contributed by atoms with van der Waals surface area (Å²) >= 11 is 0. The van der Waals surface area contributed by atoms with Gasteiger partial charge in [-0.1, -0.05) is 5.11 Å². The summed E-state index contributed by atoms with van der Waals surface area (Å²) < 4.78 is 0. The molecule has 0 radical (unpaired) electrons. The van der Waals surface area contributed by atoms with E-state index < -0.39 is 0 Å². The maximum atomic E-state index is 8.26. The second kappa shape index (κ2) is 4.13. The van der Waals surface area contributed by atoms with Crippen molar-refractivity contribution in [2.45, 2.75) is 6.92 Å². The molecule has 0 saturated carbocycles. The van der Waals surface area contributed by atoms with Crippen LogP contribution in [0.15, 0.2) is 29.3 Å². The van der Waals surface area contributed by atoms with Gasteiger partial charge < -0.3 is 5.73 Å². The minimum atomic E-state index is 0.530. The van der Waals surface area contributed by atoms with Gasteiger partial charge in [0.1, 0.15) is 0 Å². The van der Waals surface area contributed by atoms with Crippen LogP contribution in [-0.4, -0.2) is 4.98 Å². The van der Waals surface area contributed by atoms with Crippen LogP contribution in [0.4, 0.5) is 5.69 Å². The number of nitrogens with zero attached hydrogens (tertiary/aromatic N) is 4. The van der Waals surface area contributed by atoms with E-state index in [2.05, 4.69) is 15.0 Å². The molecule has 1 rings (SSSR count). The average molecular weight is 175 g/mol. The molecule has 0 aromatic carbocycles. The number of hydrogen-bond donors (Lipinski definition) is 1. The van der Waals surface area contributed by atoms with E-state index in [-0.39, 0.29) is 0 Å². The van der Waals surface area contributed by atoms with Crippen molar-refractivity contribution in [2.24, 2.45) is 10.8 Å². The molecule has 0 aliphatic rings. The molecule has 0 aliphatic carbocycles. The van der Waals surface area contributed by atoms with Crippen LogP contribution < -0.4 is 5.73 Å². The zero-order chi connectivity index (χ0) is 9.68. The van der Waals surface area contributed by atoms with Crippen LogP contribution in [0, 0.1) is 0 Å². The van der Waals surface area contributed by atoms with E-state index >= 15 is 0 Å². The third-order valence-corrected chi connectivity index (χ3v) is 1.36. The lowest BCUT2D eigenvalue weighted by molar-refractivity contribution is 1.28. The van der Waals surface area contributed by atoms with Gasteiger partial charge in [-0.15, -0.1) is 0 Å². The SMILES string of the molecule is CC(N)=Cc1cnccc1N=[N+]=[N-]. The number of aromatic nitrogens is 1. The van der Waals surface area contributed by atoms with Crippen molar-refractivity contribution in [2.75, 3.05) is 0 Å². The molecule has 1 aromatic heterocycles. The number of rotatable bonds is 2. The van der Waals surface area contributed by atoms with Gasteiger partial charge in [0.25, 0.3) is 0 Å². The largest absolute Gasteiger partial charge is 0.402 e. The molecule has 0 amide bonds. The summed E-state index contributed by atoms with van der Waals surface area (Å²) in [5, 5.41) is 3.50. The van der Waals surface area contributed by atoms with E-state index in [1.54, 1.807) is 31.5 Å². The number of azide groups is 1. The molecule has 66 valence electrons. The Balaban J connectivity index is 3.19. The fourth-order valence-electron chi connectivity index (χ4n) is 0.895. The van der Waals surface area contributed by atoms with Crippen LogP contribution in [0.3, 0.4) is 0 Å². The van der Waals surface area contributed by atoms with Crippen molar-refractivity contribution < 1.29 is 0 Å². The van der Waals surface area contributed by atoms with Gasteiger partial charge in [-0.2, -0.15) is 0 Å². The maximum absolute atomic E-state index is 8.26. The van der Waals surface area contributed by atoms with Gasteiger partial charge >= 0.3 is 0 Å². The molecule has 1 aromatic rings. The lowest BCUT2D eigenvalue weighted by Crippen LogP contribution is -1.89. The Morgan fingerprint density at radius 2 is 2.54 bits per heavy atom. The third kappa shape index (κ3) is 2.50. The summed E-state index contributed by atoms with van der Waals surface area (Å²) in [6.07, 6.45) is 4.87. The molecule has 0 fully saturated rings. The smallest absolute Gasteiger partial charge is 0.0479 e. The van der Waals surface area contributed by atoms with Crippen molar-refractivity contribution in [1.82, 2.24) is 4.98 Å². The van der Waals surface area contributed by atoms with Crippen LogP contribution in [0.1, 0.15) is 12.5 Å². The Morgan fingerprint density at radius 3 is 3.15 bits per heavy atom. The van der Waals surface area contributed by atoms with Crippen molar-refractivity contribution in [3.63, 3.8) is 0 Å². The summed E-state index contributed by atoms with van der Waals surface area (Å²) in [6.45, 7) is 1.76. The lowest BCUT2D eigenvalue weighted by Gasteiger charge is -1.97. The highest BCUT2D eigenvalue weighted by Gasteiger charge is 1.95. The summed E-state index contributed by atoms with van der Waals surface area (Å²) in [4.78, 5) is 6.60. The van der Waals surface area contributed by atoms with Crippen molar-refractivity contribution in [3.8, 4) is 0 Å². The van der Waals surface area contributed by atoms with E-state index in [4.69, 9.17) is 11.3 Å². The molecular weight excluding hydrogens is 166 g/mol. The Hall–Kier alpha value is -2.00. The Kier molecular flexibility index (Phi) is 2.89. The standard InChI is InChI=1S/C8H9N5/c1-6(9)4-7-5-11-3-2-8(7)12-13-10/h2-5H,9H2,1H3. The maximum Gasteiger partial charge on any atom is 0.0479 e. The Labute approximate surface area is 75.5 Å². The van der Waals surface area contributed by atoms with Gasteiger partial charge in [-0.25, -0.2) is 0 Å². The highest BCUT2D eigenvalue weighted by Crippen LogP contribution is 2.19. The molecule has 0 spiro atoms. The van der Waals surface area contributed by atoms with Crippen molar-refractivity contribution >= 4 is 11.8 Å². The van der Waals surface area contributed by atoms with Crippen molar-refractivity contribution in [1.29, 1.82) is 0 Å². The van der Waals surface area contributed by atoms with E-state index in [0.29, 0.717) is 11.4 Å². The highest BCUT2D eigenvalue weighted by atomic mass is 15.1. The predicted octanol–water partition coefficient (Wildman–Crippen LogP) is 2.34. The molecule has 0 atom stereocenters. The van der Waals surface area contributed by atoms with E-state index in [0.717, 1.165) is 5.56 Å². The van der Waals surface area contributed by atoms with Crippen molar-refractivity contribution in [3.05, 3.63) is 40.2 Å². The first-order valence-electron chi connectivity index (χ1n) is 3.67. The van der Waals surface area contributed by atoms with Gasteiger partial charge in [0.05, 0.1) is 0 Å². The quantitative estimate of drug-likeness (QED) is 0.424. The number of allylic oxidation sites excluding steroid dienone is 1. The number of pyridine rings is 1. The van der Waals surface area contributed by atoms with Gasteiger partial charge in [0, 0.05) is 34.3 Å². The molecule has 2 N–H and O–H groups in total. The number of nitrogens with two attached hydrogens (primary N) is 1. The highest BCUT2D eigenvalue weighted by molar-refractivity contribution is 5.63. The second-order valence-electron chi connectivity index (χ2n) is 2.51. The van der Waals surface area contributed by atoms with Gasteiger partial charge in [-0.3, -0.25) is 4.98 Å². The summed E-state index contributed by atoms with van der Waals surface area (Å²) in [6, 6.07) is 1.63. The topological polar surface area (TPSA) is 87.7 Å². The fourth-order valence-corrected chi connectivity index (χ4v) is 0.895. The third-order valence-electron chi connectivity index (χ3n) is 1.36. The Bertz CT molecular complexity index is 372. The second-order valence-corrected chi connectivity index (χ2v) is 2.51. The minimum Gasteiger partial charge on any atom is -0.402 e. The van der Waals surface area contributed by atoms with E-state index in [9.17, 15) is 0 Å². The van der Waals surface area contributed by atoms with Crippen LogP contribution in [0.5, 0.6) is 0 Å². The van der Waals surface area contributed by atoms with Gasteiger partial charge in [0.2, 0.25) is 0 Å². The van der Waals surface area contributed by atoms with Crippen LogP contribution in [0.25, 0.3) is 16.5 Å². The summed E-state index contributed by atoms with van der Waals surface area (Å²) in [5.41, 5.74) is 15.6. The Morgan fingerprint density at radius 1 is 1.77 bits per heavy atom. The molecule has 5 nitrogen and oxygen atoms in total. The van der Waals surface area contributed by atoms with Crippen LogP contribution in [-0.2, 0) is 0 Å². The molecule has 0 bridgehead atoms. The molecule has 5 heteroatoms. The normalized spacial score (nSPS) is 10.7. The van der Waals surface area contributed by atoms with Gasteiger partial charge in [-0.05, 0) is 24.6 Å². The molecule has 0 saturated heterocycles. The molecule has 1 heterocycles. The molecular formula is C8H9N5. The molecule has 13 heavy (non-hydrogen) atoms. The molecule has 0 unspecified atom stereocenters. The monoisotopic (exact) mass is 175 g/mol. The van der Waals surface area contributed by atoms with Gasteiger partial charge in [0.15, 0.2) is 0 Å². The van der Waals surface area contributed by atoms with Crippen LogP contribution >= 0.6 is 0 Å². The summed E-state index contributed by atoms with van der Waals surface area (Å²) in [7, 11) is 0. The minimum absolute atomic E-state index is 0.530. The van der Waals surface area contributed by atoms with E-state index in [1.165, 1.54) is 0 Å². The average Bonchev–Trinajstić information content (AvgIpc) is 2.08. The van der Waals surface area contributed by atoms with E-state index in [1.807, 2.05) is 0 Å². The fraction of sp³-hybridized carbons (Fsp3) is 0.125. The summed E-state index contributed by atoms with van der Waals surface area (Å²) in [5.74, 6) is 0. The lowest BCUT2D eigenvalue weighted by atomic mass is 10.2. The zero-order valence-electron chi connectivity index (χ0n) is 7.18. The first kappa shape index (κ1) is 9.09. The van der Waals surface area contributed by atoms with Crippen LogP contribution in [0.2, 0.25) is 0 Å². The first-order valence-corrected chi connectivity index (χ1v) is 3.67.